The number of likely N-dealkylation sites (N-methyl/N-ethyl adjacent to an activating group) is 1. The molecule has 0 aromatic carbocycles. The first-order valence-corrected chi connectivity index (χ1v) is 8.13. The molecule has 1 fully saturated rings. The Morgan fingerprint density at radius 2 is 1.81 bits per heavy atom. The van der Waals surface area contributed by atoms with Gasteiger partial charge in [0.2, 0.25) is 11.8 Å². The minimum atomic E-state index is -0.444. The van der Waals surface area contributed by atoms with Crippen molar-refractivity contribution in [2.24, 2.45) is 17.1 Å². The van der Waals surface area contributed by atoms with Crippen LogP contribution in [0.25, 0.3) is 0 Å². The van der Waals surface area contributed by atoms with Crippen LogP contribution in [0, 0.1) is 11.3 Å². The van der Waals surface area contributed by atoms with Crippen molar-refractivity contribution < 1.29 is 9.59 Å². The minimum Gasteiger partial charge on any atom is -0.357 e. The Balaban J connectivity index is 2.61. The van der Waals surface area contributed by atoms with E-state index in [2.05, 4.69) is 10.6 Å². The second-order valence-corrected chi connectivity index (χ2v) is 6.81. The van der Waals surface area contributed by atoms with Crippen LogP contribution in [0.4, 0.5) is 0 Å². The summed E-state index contributed by atoms with van der Waals surface area (Å²) in [5.41, 5.74) is 5.86. The van der Waals surface area contributed by atoms with Gasteiger partial charge < -0.3 is 16.4 Å². The largest absolute Gasteiger partial charge is 0.357 e. The Bertz CT molecular complexity index is 349. The van der Waals surface area contributed by atoms with Crippen LogP contribution in [-0.4, -0.2) is 31.4 Å². The van der Waals surface area contributed by atoms with E-state index in [1.165, 1.54) is 6.42 Å². The van der Waals surface area contributed by atoms with E-state index in [0.717, 1.165) is 25.7 Å². The summed E-state index contributed by atoms with van der Waals surface area (Å²) in [6.07, 6.45) is 6.66. The molecule has 2 amide bonds. The fraction of sp³-hybridized carbons (Fsp3) is 0.875. The predicted molar refractivity (Wildman–Crippen MR) is 84.6 cm³/mol. The molecule has 122 valence electrons. The molecule has 0 spiro atoms. The maximum Gasteiger partial charge on any atom is 0.242 e. The first kappa shape index (κ1) is 18.0. The van der Waals surface area contributed by atoms with Crippen molar-refractivity contribution in [3.8, 4) is 0 Å². The Morgan fingerprint density at radius 3 is 2.29 bits per heavy atom. The third-order valence-corrected chi connectivity index (χ3v) is 4.49. The molecule has 0 bridgehead atoms. The molecule has 1 unspecified atom stereocenters. The zero-order chi connectivity index (χ0) is 15.9. The van der Waals surface area contributed by atoms with Crippen LogP contribution < -0.4 is 16.4 Å². The lowest BCUT2D eigenvalue weighted by Gasteiger charge is -2.36. The third kappa shape index (κ3) is 5.65. The quantitative estimate of drug-likeness (QED) is 0.667. The highest BCUT2D eigenvalue weighted by molar-refractivity contribution is 5.87. The van der Waals surface area contributed by atoms with Gasteiger partial charge in [0.1, 0.15) is 6.04 Å². The second kappa shape index (κ2) is 8.37. The van der Waals surface area contributed by atoms with Crippen molar-refractivity contribution in [1.82, 2.24) is 10.6 Å². The standard InChI is InChI=1S/C16H31N3O2/c1-12(2)9-13(15(21)18-3)19-14(20)10-16(11-17)7-5-4-6-8-16/h12-13H,4-11,17H2,1-3H3,(H,18,21)(H,19,20). The summed E-state index contributed by atoms with van der Waals surface area (Å²) in [5.74, 6) is 0.185. The fourth-order valence-electron chi connectivity index (χ4n) is 3.22. The van der Waals surface area contributed by atoms with Crippen LogP contribution >= 0.6 is 0 Å². The van der Waals surface area contributed by atoms with Gasteiger partial charge in [-0.05, 0) is 37.1 Å². The molecule has 4 N–H and O–H groups in total. The molecule has 0 aromatic rings. The molecule has 5 nitrogen and oxygen atoms in total. The number of rotatable bonds is 7. The van der Waals surface area contributed by atoms with Crippen LogP contribution in [0.1, 0.15) is 58.8 Å². The summed E-state index contributed by atoms with van der Waals surface area (Å²) >= 11 is 0. The molecule has 1 rings (SSSR count). The Morgan fingerprint density at radius 1 is 1.19 bits per heavy atom. The molecule has 21 heavy (non-hydrogen) atoms. The Labute approximate surface area is 128 Å². The highest BCUT2D eigenvalue weighted by atomic mass is 16.2. The van der Waals surface area contributed by atoms with Crippen LogP contribution in [-0.2, 0) is 9.59 Å². The van der Waals surface area contributed by atoms with Crippen LogP contribution in [0.2, 0.25) is 0 Å². The number of nitrogens with one attached hydrogen (secondary N) is 2. The number of hydrogen-bond donors (Lipinski definition) is 3. The van der Waals surface area contributed by atoms with E-state index in [1.807, 2.05) is 13.8 Å². The number of carbonyl (C=O) groups is 2. The molecule has 0 radical (unpaired) electrons. The molecular formula is C16H31N3O2. The van der Waals surface area contributed by atoms with Gasteiger partial charge in [-0.25, -0.2) is 0 Å². The molecule has 0 aromatic heterocycles. The van der Waals surface area contributed by atoms with E-state index in [1.54, 1.807) is 7.05 Å². The van der Waals surface area contributed by atoms with Crippen molar-refractivity contribution in [3.05, 3.63) is 0 Å². The maximum absolute atomic E-state index is 12.3. The van der Waals surface area contributed by atoms with Crippen LogP contribution in [0.15, 0.2) is 0 Å². The van der Waals surface area contributed by atoms with Gasteiger partial charge in [0, 0.05) is 13.5 Å². The van der Waals surface area contributed by atoms with Crippen molar-refractivity contribution in [3.63, 3.8) is 0 Å². The summed E-state index contributed by atoms with van der Waals surface area (Å²) < 4.78 is 0. The predicted octanol–water partition coefficient (Wildman–Crippen LogP) is 1.56. The zero-order valence-electron chi connectivity index (χ0n) is 13.7. The van der Waals surface area contributed by atoms with Crippen LogP contribution in [0.3, 0.4) is 0 Å². The number of hydrogen-bond acceptors (Lipinski definition) is 3. The molecule has 1 atom stereocenters. The molecule has 0 aliphatic heterocycles. The third-order valence-electron chi connectivity index (χ3n) is 4.49. The van der Waals surface area contributed by atoms with E-state index in [9.17, 15) is 9.59 Å². The Kier molecular flexibility index (Phi) is 7.15. The summed E-state index contributed by atoms with van der Waals surface area (Å²) in [6.45, 7) is 4.64. The molecular weight excluding hydrogens is 266 g/mol. The summed E-state index contributed by atoms with van der Waals surface area (Å²) in [6, 6.07) is -0.444. The minimum absolute atomic E-state index is 0.0448. The van der Waals surface area contributed by atoms with Gasteiger partial charge in [-0.3, -0.25) is 9.59 Å². The average Bonchev–Trinajstić information content (AvgIpc) is 2.46. The highest BCUT2D eigenvalue weighted by Crippen LogP contribution is 2.38. The molecule has 1 aliphatic rings. The normalized spacial score (nSPS) is 19.1. The van der Waals surface area contributed by atoms with Gasteiger partial charge in [0.15, 0.2) is 0 Å². The van der Waals surface area contributed by atoms with Gasteiger partial charge in [0.25, 0.3) is 0 Å². The molecule has 0 heterocycles. The highest BCUT2D eigenvalue weighted by Gasteiger charge is 2.34. The Hall–Kier alpha value is -1.10. The van der Waals surface area contributed by atoms with Gasteiger partial charge in [-0.2, -0.15) is 0 Å². The SMILES string of the molecule is CNC(=O)C(CC(C)C)NC(=O)CC1(CN)CCCCC1. The molecule has 1 saturated carbocycles. The average molecular weight is 297 g/mol. The number of nitrogens with two attached hydrogens (primary N) is 1. The second-order valence-electron chi connectivity index (χ2n) is 6.81. The maximum atomic E-state index is 12.3. The van der Waals surface area contributed by atoms with E-state index < -0.39 is 6.04 Å². The monoisotopic (exact) mass is 297 g/mol. The lowest BCUT2D eigenvalue weighted by atomic mass is 9.71. The van der Waals surface area contributed by atoms with Crippen molar-refractivity contribution in [2.45, 2.75) is 64.8 Å². The number of amides is 2. The number of carbonyl (C=O) groups excluding carboxylic acids is 2. The van der Waals surface area contributed by atoms with Gasteiger partial charge in [-0.15, -0.1) is 0 Å². The first-order chi connectivity index (χ1) is 9.92. The summed E-state index contributed by atoms with van der Waals surface area (Å²) in [5, 5.41) is 5.52. The topological polar surface area (TPSA) is 84.2 Å². The zero-order valence-corrected chi connectivity index (χ0v) is 13.7. The van der Waals surface area contributed by atoms with E-state index in [-0.39, 0.29) is 17.2 Å². The van der Waals surface area contributed by atoms with E-state index in [0.29, 0.717) is 25.3 Å². The first-order valence-electron chi connectivity index (χ1n) is 8.13. The van der Waals surface area contributed by atoms with E-state index in [4.69, 9.17) is 5.73 Å². The van der Waals surface area contributed by atoms with E-state index >= 15 is 0 Å². The molecule has 0 saturated heterocycles. The lowest BCUT2D eigenvalue weighted by molar-refractivity contribution is -0.130. The smallest absolute Gasteiger partial charge is 0.242 e. The van der Waals surface area contributed by atoms with Crippen LogP contribution in [0.5, 0.6) is 0 Å². The fourth-order valence-corrected chi connectivity index (χ4v) is 3.22. The molecule has 1 aliphatic carbocycles. The lowest BCUT2D eigenvalue weighted by Crippen LogP contribution is -2.48. The van der Waals surface area contributed by atoms with Crippen molar-refractivity contribution in [2.75, 3.05) is 13.6 Å². The van der Waals surface area contributed by atoms with Gasteiger partial charge in [0.05, 0.1) is 0 Å². The van der Waals surface area contributed by atoms with Crippen molar-refractivity contribution >= 4 is 11.8 Å². The van der Waals surface area contributed by atoms with Crippen molar-refractivity contribution in [1.29, 1.82) is 0 Å². The summed E-state index contributed by atoms with van der Waals surface area (Å²) in [7, 11) is 1.60. The molecule has 5 heteroatoms. The van der Waals surface area contributed by atoms with Gasteiger partial charge >= 0.3 is 0 Å². The van der Waals surface area contributed by atoms with Gasteiger partial charge in [-0.1, -0.05) is 33.1 Å². The summed E-state index contributed by atoms with van der Waals surface area (Å²) in [4.78, 5) is 24.2.